The van der Waals surface area contributed by atoms with Crippen molar-refractivity contribution in [2.24, 2.45) is 11.8 Å². The highest BCUT2D eigenvalue weighted by molar-refractivity contribution is 9.10. The number of halogens is 2. The minimum absolute atomic E-state index is 0.0158. The summed E-state index contributed by atoms with van der Waals surface area (Å²) < 4.78 is 27.0. The Balaban J connectivity index is 1.13. The number of benzene rings is 1. The van der Waals surface area contributed by atoms with Crippen LogP contribution >= 0.6 is 27.7 Å². The number of carbonyl (C=O) groups excluding carboxylic acids is 1. The van der Waals surface area contributed by atoms with Gasteiger partial charge in [-0.2, -0.15) is 0 Å². The molecule has 2 aliphatic heterocycles. The Morgan fingerprint density at radius 3 is 2.77 bits per heavy atom. The van der Waals surface area contributed by atoms with Crippen LogP contribution in [-0.4, -0.2) is 56.4 Å². The monoisotopic (exact) mass is 562 g/mol. The number of aryl methyl sites for hydroxylation is 1. The summed E-state index contributed by atoms with van der Waals surface area (Å²) in [5.74, 6) is 1.47. The van der Waals surface area contributed by atoms with Crippen molar-refractivity contribution in [3.63, 3.8) is 0 Å². The summed E-state index contributed by atoms with van der Waals surface area (Å²) in [5, 5.41) is 8.89. The molecule has 0 radical (unpaired) electrons. The molecule has 1 saturated carbocycles. The van der Waals surface area contributed by atoms with Crippen LogP contribution in [-0.2, 0) is 11.3 Å². The average molecular weight is 563 g/mol. The minimum Gasteiger partial charge on any atom is -0.454 e. The van der Waals surface area contributed by atoms with E-state index in [1.165, 1.54) is 11.8 Å². The third kappa shape index (κ3) is 4.53. The van der Waals surface area contributed by atoms with Gasteiger partial charge in [0.1, 0.15) is 11.7 Å². The van der Waals surface area contributed by atoms with Crippen LogP contribution in [0.5, 0.6) is 11.5 Å². The number of carbonyl (C=O) groups is 1. The van der Waals surface area contributed by atoms with Gasteiger partial charge in [0.15, 0.2) is 27.8 Å². The van der Waals surface area contributed by atoms with Gasteiger partial charge in [0.2, 0.25) is 12.7 Å². The molecule has 1 saturated heterocycles. The molecule has 1 amide bonds. The summed E-state index contributed by atoms with van der Waals surface area (Å²) >= 11 is 5.02. The first-order valence-electron chi connectivity index (χ1n) is 11.7. The zero-order valence-corrected chi connectivity index (χ0v) is 21.2. The molecule has 2 fully saturated rings. The SMILES string of the molecule is N=c1ncn(CCC2CCN(C(=O)[C@H]3C[C@@H]3F)CC2)c2nc(Sc3cc4c(cc3Br)OCO4)[nH]c12. The van der Waals surface area contributed by atoms with E-state index >= 15 is 0 Å². The lowest BCUT2D eigenvalue weighted by Crippen LogP contribution is -2.39. The maximum Gasteiger partial charge on any atom is 0.231 e. The second-order valence-electron chi connectivity index (χ2n) is 9.18. The molecular formula is C23H24BrFN6O3S. The summed E-state index contributed by atoms with van der Waals surface area (Å²) in [7, 11) is 0. The zero-order chi connectivity index (χ0) is 24.1. The average Bonchev–Trinajstić information content (AvgIpc) is 3.21. The van der Waals surface area contributed by atoms with Crippen molar-refractivity contribution in [1.82, 2.24) is 24.4 Å². The molecule has 2 atom stereocenters. The van der Waals surface area contributed by atoms with Crippen LogP contribution in [0.1, 0.15) is 25.7 Å². The van der Waals surface area contributed by atoms with E-state index in [9.17, 15) is 9.18 Å². The Labute approximate surface area is 213 Å². The van der Waals surface area contributed by atoms with Crippen LogP contribution in [0.4, 0.5) is 4.39 Å². The number of alkyl halides is 1. The second-order valence-corrected chi connectivity index (χ2v) is 11.1. The molecule has 0 unspecified atom stereocenters. The predicted molar refractivity (Wildman–Crippen MR) is 129 cm³/mol. The molecule has 2 aromatic heterocycles. The Morgan fingerprint density at radius 1 is 1.29 bits per heavy atom. The van der Waals surface area contributed by atoms with Gasteiger partial charge in [0.05, 0.1) is 12.2 Å². The smallest absolute Gasteiger partial charge is 0.231 e. The molecule has 2 N–H and O–H groups in total. The molecule has 1 aromatic carbocycles. The van der Waals surface area contributed by atoms with Crippen molar-refractivity contribution in [3.05, 3.63) is 28.4 Å². The van der Waals surface area contributed by atoms with Crippen LogP contribution in [0.2, 0.25) is 0 Å². The molecule has 0 bridgehead atoms. The number of aromatic nitrogens is 4. The van der Waals surface area contributed by atoms with E-state index in [1.54, 1.807) is 6.33 Å². The number of fused-ring (bicyclic) bond motifs is 2. The number of rotatable bonds is 6. The number of imidazole rings is 1. The number of piperidine rings is 1. The number of H-pyrrole nitrogens is 1. The molecule has 35 heavy (non-hydrogen) atoms. The Morgan fingerprint density at radius 2 is 2.03 bits per heavy atom. The largest absolute Gasteiger partial charge is 0.454 e. The maximum atomic E-state index is 13.2. The van der Waals surface area contributed by atoms with E-state index in [2.05, 4.69) is 25.9 Å². The first-order chi connectivity index (χ1) is 17.0. The van der Waals surface area contributed by atoms with Gasteiger partial charge in [-0.15, -0.1) is 0 Å². The summed E-state index contributed by atoms with van der Waals surface area (Å²) in [6, 6.07) is 3.79. The minimum atomic E-state index is -0.936. The Hall–Kier alpha value is -2.60. The van der Waals surface area contributed by atoms with Crippen LogP contribution < -0.4 is 15.0 Å². The molecule has 6 rings (SSSR count). The summed E-state index contributed by atoms with van der Waals surface area (Å²) in [6.07, 6.45) is 3.89. The number of aromatic amines is 1. The third-order valence-corrected chi connectivity index (χ3v) is 8.73. The van der Waals surface area contributed by atoms with E-state index in [4.69, 9.17) is 19.9 Å². The molecular weight excluding hydrogens is 539 g/mol. The number of likely N-dealkylation sites (tertiary alicyclic amines) is 1. The highest BCUT2D eigenvalue weighted by Gasteiger charge is 2.46. The molecule has 3 aliphatic rings. The van der Waals surface area contributed by atoms with Gasteiger partial charge >= 0.3 is 0 Å². The summed E-state index contributed by atoms with van der Waals surface area (Å²) in [5.41, 5.74) is 1.44. The van der Waals surface area contributed by atoms with Gasteiger partial charge in [-0.3, -0.25) is 10.2 Å². The van der Waals surface area contributed by atoms with Crippen molar-refractivity contribution in [2.75, 3.05) is 19.9 Å². The van der Waals surface area contributed by atoms with Crippen molar-refractivity contribution in [3.8, 4) is 11.5 Å². The molecule has 1 aliphatic carbocycles. The van der Waals surface area contributed by atoms with Crippen LogP contribution in [0, 0.1) is 17.2 Å². The van der Waals surface area contributed by atoms with Gasteiger partial charge in [0, 0.05) is 29.0 Å². The molecule has 4 heterocycles. The van der Waals surface area contributed by atoms with E-state index in [1.807, 2.05) is 21.6 Å². The lowest BCUT2D eigenvalue weighted by Gasteiger charge is -2.32. The van der Waals surface area contributed by atoms with Crippen molar-refractivity contribution in [2.45, 2.75) is 48.5 Å². The standard InChI is InChI=1S/C23H24BrFN6O3S/c24-14-8-16-17(34-11-33-16)9-18(14)35-23-28-19-20(26)27-10-31(21(19)29-23)6-3-12-1-4-30(5-2-12)22(32)13-7-15(13)25/h8-10,12-13,15,26H,1-7,11H2,(H,28,29)/t13-,15-/m0/s1. The number of nitrogens with zero attached hydrogens (tertiary/aromatic N) is 4. The van der Waals surface area contributed by atoms with Gasteiger partial charge in [-0.25, -0.2) is 14.4 Å². The fourth-order valence-electron chi connectivity index (χ4n) is 4.67. The van der Waals surface area contributed by atoms with Gasteiger partial charge < -0.3 is 23.9 Å². The molecule has 184 valence electrons. The van der Waals surface area contributed by atoms with Crippen molar-refractivity contribution >= 4 is 44.8 Å². The Bertz CT molecular complexity index is 1360. The number of amides is 1. The quantitative estimate of drug-likeness (QED) is 0.472. The Kier molecular flexibility index (Phi) is 5.95. The van der Waals surface area contributed by atoms with E-state index in [-0.39, 0.29) is 18.2 Å². The predicted octanol–water partition coefficient (Wildman–Crippen LogP) is 3.87. The lowest BCUT2D eigenvalue weighted by atomic mass is 9.93. The number of ether oxygens (including phenoxy) is 2. The van der Waals surface area contributed by atoms with Gasteiger partial charge in [-0.05, 0) is 59.7 Å². The van der Waals surface area contributed by atoms with Gasteiger partial charge in [-0.1, -0.05) is 11.8 Å². The molecule has 12 heteroatoms. The summed E-state index contributed by atoms with van der Waals surface area (Å²) in [4.78, 5) is 27.3. The van der Waals surface area contributed by atoms with E-state index in [0.717, 1.165) is 35.2 Å². The number of nitrogens with one attached hydrogen (secondary N) is 2. The number of hydrogen-bond donors (Lipinski definition) is 2. The first kappa shape index (κ1) is 22.8. The van der Waals surface area contributed by atoms with E-state index < -0.39 is 12.1 Å². The first-order valence-corrected chi connectivity index (χ1v) is 13.3. The topological polar surface area (TPSA) is 109 Å². The highest BCUT2D eigenvalue weighted by Crippen LogP contribution is 2.42. The van der Waals surface area contributed by atoms with Crippen molar-refractivity contribution < 1.29 is 18.7 Å². The molecule has 3 aromatic rings. The normalized spacial score (nSPS) is 21.6. The third-order valence-electron chi connectivity index (χ3n) is 6.87. The number of hydrogen-bond acceptors (Lipinski definition) is 7. The van der Waals surface area contributed by atoms with Crippen LogP contribution in [0.3, 0.4) is 0 Å². The summed E-state index contributed by atoms with van der Waals surface area (Å²) in [6.45, 7) is 2.33. The van der Waals surface area contributed by atoms with Crippen molar-refractivity contribution in [1.29, 1.82) is 5.41 Å². The maximum absolute atomic E-state index is 13.2. The second kappa shape index (κ2) is 9.12. The lowest BCUT2D eigenvalue weighted by molar-refractivity contribution is -0.134. The fraction of sp³-hybridized carbons (Fsp3) is 0.478. The zero-order valence-electron chi connectivity index (χ0n) is 18.8. The highest BCUT2D eigenvalue weighted by atomic mass is 79.9. The van der Waals surface area contributed by atoms with E-state index in [0.29, 0.717) is 53.2 Å². The van der Waals surface area contributed by atoms with Crippen LogP contribution in [0.25, 0.3) is 11.2 Å². The molecule has 9 nitrogen and oxygen atoms in total. The van der Waals surface area contributed by atoms with Gasteiger partial charge in [0.25, 0.3) is 0 Å². The molecule has 0 spiro atoms. The van der Waals surface area contributed by atoms with Crippen LogP contribution in [0.15, 0.2) is 33.0 Å². The fourth-order valence-corrected chi connectivity index (χ4v) is 6.05.